The summed E-state index contributed by atoms with van der Waals surface area (Å²) >= 11 is 0. The summed E-state index contributed by atoms with van der Waals surface area (Å²) in [5.41, 5.74) is 4.83. The summed E-state index contributed by atoms with van der Waals surface area (Å²) in [4.78, 5) is 6.98. The maximum Gasteiger partial charge on any atom is 0.130 e. The van der Waals surface area contributed by atoms with Crippen LogP contribution >= 0.6 is 0 Å². The lowest BCUT2D eigenvalue weighted by molar-refractivity contribution is 0.614. The molecule has 0 amide bonds. The number of nitriles is 1. The van der Waals surface area contributed by atoms with Crippen LogP contribution in [0.25, 0.3) is 24.0 Å². The average Bonchev–Trinajstić information content (AvgIpc) is 2.84. The fourth-order valence-electron chi connectivity index (χ4n) is 3.87. The van der Waals surface area contributed by atoms with E-state index in [2.05, 4.69) is 47.7 Å². The quantitative estimate of drug-likeness (QED) is 0.791. The lowest BCUT2D eigenvalue weighted by Gasteiger charge is -2.20. The first-order chi connectivity index (χ1) is 15.5. The standard InChI is InChI=1S/C27H33N5/c1-20-9-12-23(17-24(20)19-32(3)4)25-26(22-13-10-21(18-28)11-14-22)30-15-7-5-6-8-16-31-27(25)29-2/h9-14,17,19,30H,1,5-8,15-16H2,2-4H3,(H,29,31)/b24-19-,26-25-. The molecule has 1 aliphatic rings. The Hall–Kier alpha value is -3.52. The van der Waals surface area contributed by atoms with Crippen molar-refractivity contribution in [1.29, 1.82) is 5.26 Å². The largest absolute Gasteiger partial charge is 0.384 e. The molecule has 0 aromatic heterocycles. The second-order valence-electron chi connectivity index (χ2n) is 8.27. The van der Waals surface area contributed by atoms with E-state index in [1.54, 1.807) is 0 Å². The molecule has 0 spiro atoms. The Morgan fingerprint density at radius 3 is 2.47 bits per heavy atom. The minimum atomic E-state index is 0.652. The van der Waals surface area contributed by atoms with Gasteiger partial charge in [-0.2, -0.15) is 5.26 Å². The zero-order chi connectivity index (χ0) is 22.9. The van der Waals surface area contributed by atoms with Crippen molar-refractivity contribution in [2.45, 2.75) is 25.7 Å². The second-order valence-corrected chi connectivity index (χ2v) is 8.27. The van der Waals surface area contributed by atoms with E-state index in [-0.39, 0.29) is 0 Å². The highest BCUT2D eigenvalue weighted by Gasteiger charge is 2.18. The molecule has 1 aliphatic heterocycles. The van der Waals surface area contributed by atoms with E-state index < -0.39 is 0 Å². The van der Waals surface area contributed by atoms with Gasteiger partial charge in [-0.3, -0.25) is 4.99 Å². The smallest absolute Gasteiger partial charge is 0.130 e. The van der Waals surface area contributed by atoms with Gasteiger partial charge in [0.2, 0.25) is 0 Å². The van der Waals surface area contributed by atoms with Crippen LogP contribution in [0.1, 0.15) is 42.4 Å². The van der Waals surface area contributed by atoms with Gasteiger partial charge in [0.15, 0.2) is 0 Å². The number of aliphatic imine (C=N–C) groups is 1. The Labute approximate surface area is 191 Å². The van der Waals surface area contributed by atoms with Gasteiger partial charge in [-0.05, 0) is 52.6 Å². The Balaban J connectivity index is 2.30. The van der Waals surface area contributed by atoms with Gasteiger partial charge >= 0.3 is 0 Å². The maximum atomic E-state index is 9.24. The first-order valence-electron chi connectivity index (χ1n) is 11.2. The van der Waals surface area contributed by atoms with Crippen molar-refractivity contribution in [2.75, 3.05) is 34.2 Å². The molecule has 1 heterocycles. The lowest BCUT2D eigenvalue weighted by atomic mass is 9.96. The first-order valence-corrected chi connectivity index (χ1v) is 11.2. The van der Waals surface area contributed by atoms with Crippen LogP contribution in [0.2, 0.25) is 0 Å². The van der Waals surface area contributed by atoms with E-state index in [0.717, 1.165) is 64.6 Å². The zero-order valence-electron chi connectivity index (χ0n) is 19.4. The summed E-state index contributed by atoms with van der Waals surface area (Å²) in [5.74, 6) is 0.867. The van der Waals surface area contributed by atoms with E-state index in [0.29, 0.717) is 5.56 Å². The highest BCUT2D eigenvalue weighted by atomic mass is 15.0. The van der Waals surface area contributed by atoms with Crippen molar-refractivity contribution in [3.8, 4) is 6.07 Å². The monoisotopic (exact) mass is 427 g/mol. The second kappa shape index (κ2) is 11.2. The summed E-state index contributed by atoms with van der Waals surface area (Å²) in [6.07, 6.45) is 6.65. The molecule has 2 aromatic rings. The van der Waals surface area contributed by atoms with E-state index in [1.807, 2.05) is 50.3 Å². The van der Waals surface area contributed by atoms with Crippen molar-refractivity contribution < 1.29 is 0 Å². The van der Waals surface area contributed by atoms with Gasteiger partial charge in [0, 0.05) is 46.0 Å². The highest BCUT2D eigenvalue weighted by Crippen LogP contribution is 2.26. The number of benzene rings is 2. The van der Waals surface area contributed by atoms with Crippen LogP contribution in [-0.2, 0) is 0 Å². The van der Waals surface area contributed by atoms with Gasteiger partial charge in [0.25, 0.3) is 0 Å². The third-order valence-corrected chi connectivity index (χ3v) is 5.51. The molecule has 2 aromatic carbocycles. The molecule has 0 atom stereocenters. The van der Waals surface area contributed by atoms with Gasteiger partial charge in [0.05, 0.1) is 17.3 Å². The molecular formula is C27H33N5. The fraction of sp³-hybridized carbons (Fsp3) is 0.333. The SMILES string of the molecule is C=c1ccc(C2=C(\c3ccc(C#N)cc3)NCCCCCC/N=C\2NC)c/c1=C/N(C)C. The Morgan fingerprint density at radius 2 is 1.78 bits per heavy atom. The van der Waals surface area contributed by atoms with Crippen molar-refractivity contribution in [3.05, 3.63) is 69.6 Å². The molecule has 0 aliphatic carbocycles. The molecule has 0 radical (unpaired) electrons. The molecular weight excluding hydrogens is 394 g/mol. The molecule has 2 N–H and O–H groups in total. The molecule has 0 saturated heterocycles. The Morgan fingerprint density at radius 1 is 1.06 bits per heavy atom. The molecule has 166 valence electrons. The molecule has 0 unspecified atom stereocenters. The summed E-state index contributed by atoms with van der Waals surface area (Å²) < 4.78 is 0. The summed E-state index contributed by atoms with van der Waals surface area (Å²) in [6, 6.07) is 16.3. The van der Waals surface area contributed by atoms with Crippen LogP contribution in [0, 0.1) is 11.3 Å². The van der Waals surface area contributed by atoms with E-state index in [4.69, 9.17) is 4.99 Å². The molecule has 0 fully saturated rings. The number of nitrogens with zero attached hydrogens (tertiary/aromatic N) is 3. The van der Waals surface area contributed by atoms with Crippen LogP contribution in [-0.4, -0.2) is 45.0 Å². The van der Waals surface area contributed by atoms with Gasteiger partial charge < -0.3 is 15.5 Å². The molecule has 0 saturated carbocycles. The number of hydrogen-bond donors (Lipinski definition) is 2. The number of likely N-dealkylation sites (N-methyl/N-ethyl adjacent to an activating group) is 1. The highest BCUT2D eigenvalue weighted by molar-refractivity contribution is 6.29. The summed E-state index contributed by atoms with van der Waals surface area (Å²) in [5, 5.41) is 18.3. The zero-order valence-corrected chi connectivity index (χ0v) is 19.4. The third-order valence-electron chi connectivity index (χ3n) is 5.51. The summed E-state index contributed by atoms with van der Waals surface area (Å²) in [7, 11) is 5.96. The number of hydrogen-bond acceptors (Lipinski definition) is 5. The summed E-state index contributed by atoms with van der Waals surface area (Å²) in [6.45, 7) is 5.89. The molecule has 3 rings (SSSR count). The average molecular weight is 428 g/mol. The predicted molar refractivity (Wildman–Crippen MR) is 135 cm³/mol. The van der Waals surface area contributed by atoms with E-state index in [9.17, 15) is 5.26 Å². The van der Waals surface area contributed by atoms with Crippen LogP contribution in [0.3, 0.4) is 0 Å². The number of amidine groups is 1. The van der Waals surface area contributed by atoms with Crippen molar-refractivity contribution in [1.82, 2.24) is 15.5 Å². The topological polar surface area (TPSA) is 63.5 Å². The van der Waals surface area contributed by atoms with Crippen LogP contribution in [0.5, 0.6) is 0 Å². The normalized spacial score (nSPS) is 19.7. The number of rotatable bonds is 3. The van der Waals surface area contributed by atoms with E-state index in [1.165, 1.54) is 12.8 Å². The number of nitrogens with one attached hydrogen (secondary N) is 2. The van der Waals surface area contributed by atoms with Crippen molar-refractivity contribution in [3.63, 3.8) is 0 Å². The van der Waals surface area contributed by atoms with Gasteiger partial charge in [-0.25, -0.2) is 0 Å². The van der Waals surface area contributed by atoms with Gasteiger partial charge in [0.1, 0.15) is 5.84 Å². The lowest BCUT2D eigenvalue weighted by Crippen LogP contribution is -2.29. The maximum absolute atomic E-state index is 9.24. The Kier molecular flexibility index (Phi) is 8.10. The van der Waals surface area contributed by atoms with Gasteiger partial charge in [-0.15, -0.1) is 0 Å². The fourth-order valence-corrected chi connectivity index (χ4v) is 3.87. The molecule has 5 heteroatoms. The molecule has 5 nitrogen and oxygen atoms in total. The predicted octanol–water partition coefficient (Wildman–Crippen LogP) is 2.92. The van der Waals surface area contributed by atoms with Crippen LogP contribution in [0.15, 0.2) is 47.5 Å². The Bertz CT molecular complexity index is 1130. The van der Waals surface area contributed by atoms with Crippen LogP contribution in [0.4, 0.5) is 0 Å². The third kappa shape index (κ3) is 5.79. The van der Waals surface area contributed by atoms with Crippen molar-refractivity contribution >= 4 is 29.9 Å². The van der Waals surface area contributed by atoms with E-state index >= 15 is 0 Å². The van der Waals surface area contributed by atoms with Gasteiger partial charge in [-0.1, -0.05) is 43.7 Å². The minimum absolute atomic E-state index is 0.652. The van der Waals surface area contributed by atoms with Crippen molar-refractivity contribution in [2.24, 2.45) is 4.99 Å². The first kappa shape index (κ1) is 23.1. The molecule has 32 heavy (non-hydrogen) atoms. The van der Waals surface area contributed by atoms with Crippen LogP contribution < -0.4 is 21.1 Å². The minimum Gasteiger partial charge on any atom is -0.384 e. The molecule has 0 bridgehead atoms.